The lowest BCUT2D eigenvalue weighted by Gasteiger charge is -2.47. The standard InChI is InChI=1S/C18H21F2N3O2/c1-10-5-12(11(2)24)15-13(6-10)16(25)22(4)17(21-15)18(3)8-23(9-18)7-14(19)20/h5-6,14H,7-9H2,1-4H3. The quantitative estimate of drug-likeness (QED) is 0.795. The molecule has 1 aliphatic heterocycles. The summed E-state index contributed by atoms with van der Waals surface area (Å²) in [5, 5.41) is 0.406. The molecule has 1 aromatic carbocycles. The van der Waals surface area contributed by atoms with E-state index in [2.05, 4.69) is 4.98 Å². The number of nitrogens with zero attached hydrogens (tertiary/aromatic N) is 3. The van der Waals surface area contributed by atoms with E-state index in [-0.39, 0.29) is 17.9 Å². The molecule has 0 unspecified atom stereocenters. The Labute approximate surface area is 144 Å². The van der Waals surface area contributed by atoms with Crippen molar-refractivity contribution in [3.63, 3.8) is 0 Å². The van der Waals surface area contributed by atoms with Gasteiger partial charge in [-0.1, -0.05) is 6.92 Å². The number of carbonyl (C=O) groups excluding carboxylic acids is 1. The molecule has 0 radical (unpaired) electrons. The zero-order chi connectivity index (χ0) is 18.5. The molecule has 7 heteroatoms. The largest absolute Gasteiger partial charge is 0.299 e. The second kappa shape index (κ2) is 5.98. The predicted octanol–water partition coefficient (Wildman–Crippen LogP) is 2.28. The third kappa shape index (κ3) is 2.97. The van der Waals surface area contributed by atoms with Crippen LogP contribution in [0.25, 0.3) is 10.9 Å². The Morgan fingerprint density at radius 3 is 2.56 bits per heavy atom. The molecule has 25 heavy (non-hydrogen) atoms. The van der Waals surface area contributed by atoms with Crippen molar-refractivity contribution in [2.75, 3.05) is 19.6 Å². The second-order valence-corrected chi connectivity index (χ2v) is 7.19. The zero-order valence-corrected chi connectivity index (χ0v) is 14.8. The first-order valence-corrected chi connectivity index (χ1v) is 8.16. The highest BCUT2D eigenvalue weighted by Crippen LogP contribution is 2.33. The highest BCUT2D eigenvalue weighted by Gasteiger charge is 2.44. The van der Waals surface area contributed by atoms with E-state index < -0.39 is 11.8 Å². The fourth-order valence-corrected chi connectivity index (χ4v) is 3.73. The van der Waals surface area contributed by atoms with Crippen LogP contribution in [-0.4, -0.2) is 46.3 Å². The Kier molecular flexibility index (Phi) is 4.23. The van der Waals surface area contributed by atoms with E-state index in [9.17, 15) is 18.4 Å². The summed E-state index contributed by atoms with van der Waals surface area (Å²) >= 11 is 0. The van der Waals surface area contributed by atoms with Crippen LogP contribution in [0, 0.1) is 6.92 Å². The number of hydrogen-bond donors (Lipinski definition) is 0. The van der Waals surface area contributed by atoms with Gasteiger partial charge in [-0.2, -0.15) is 0 Å². The van der Waals surface area contributed by atoms with Crippen LogP contribution >= 0.6 is 0 Å². The Morgan fingerprint density at radius 1 is 1.36 bits per heavy atom. The molecule has 1 fully saturated rings. The van der Waals surface area contributed by atoms with Crippen LogP contribution in [-0.2, 0) is 12.5 Å². The van der Waals surface area contributed by atoms with Crippen molar-refractivity contribution < 1.29 is 13.6 Å². The fourth-order valence-electron chi connectivity index (χ4n) is 3.73. The number of ketones is 1. The van der Waals surface area contributed by atoms with Gasteiger partial charge in [-0.15, -0.1) is 0 Å². The minimum Gasteiger partial charge on any atom is -0.299 e. The smallest absolute Gasteiger partial charge is 0.261 e. The van der Waals surface area contributed by atoms with Gasteiger partial charge in [-0.05, 0) is 31.5 Å². The summed E-state index contributed by atoms with van der Waals surface area (Å²) in [5.41, 5.74) is 0.920. The highest BCUT2D eigenvalue weighted by atomic mass is 19.3. The third-order valence-electron chi connectivity index (χ3n) is 4.79. The maximum atomic E-state index is 12.8. The van der Waals surface area contributed by atoms with Crippen LogP contribution in [0.15, 0.2) is 16.9 Å². The lowest BCUT2D eigenvalue weighted by atomic mass is 9.80. The number of alkyl halides is 2. The van der Waals surface area contributed by atoms with E-state index in [0.29, 0.717) is 35.4 Å². The van der Waals surface area contributed by atoms with Gasteiger partial charge >= 0.3 is 0 Å². The molecule has 2 heterocycles. The number of carbonyl (C=O) groups is 1. The molecule has 0 atom stereocenters. The van der Waals surface area contributed by atoms with Crippen LogP contribution in [0.5, 0.6) is 0 Å². The number of halogens is 2. The summed E-state index contributed by atoms with van der Waals surface area (Å²) in [6.07, 6.45) is -2.38. The van der Waals surface area contributed by atoms with Crippen LogP contribution in [0.2, 0.25) is 0 Å². The van der Waals surface area contributed by atoms with Gasteiger partial charge in [0.1, 0.15) is 5.82 Å². The first-order chi connectivity index (χ1) is 11.6. The topological polar surface area (TPSA) is 55.2 Å². The molecule has 2 aromatic rings. The van der Waals surface area contributed by atoms with E-state index in [4.69, 9.17) is 0 Å². The highest BCUT2D eigenvalue weighted by molar-refractivity contribution is 6.05. The van der Waals surface area contributed by atoms with Crippen molar-refractivity contribution in [3.05, 3.63) is 39.4 Å². The Balaban J connectivity index is 2.13. The monoisotopic (exact) mass is 349 g/mol. The molecule has 0 amide bonds. The Bertz CT molecular complexity index is 915. The molecule has 0 spiro atoms. The van der Waals surface area contributed by atoms with Crippen molar-refractivity contribution in [1.82, 2.24) is 14.5 Å². The minimum atomic E-state index is -2.38. The van der Waals surface area contributed by atoms with E-state index in [1.54, 1.807) is 24.1 Å². The molecule has 0 N–H and O–H groups in total. The van der Waals surface area contributed by atoms with E-state index in [1.165, 1.54) is 11.5 Å². The third-order valence-corrected chi connectivity index (χ3v) is 4.79. The van der Waals surface area contributed by atoms with E-state index >= 15 is 0 Å². The summed E-state index contributed by atoms with van der Waals surface area (Å²) in [6.45, 7) is 5.71. The lowest BCUT2D eigenvalue weighted by molar-refractivity contribution is 0.00892. The average Bonchev–Trinajstić information content (AvgIpc) is 2.48. The molecule has 0 bridgehead atoms. The maximum Gasteiger partial charge on any atom is 0.261 e. The molecule has 1 aliphatic rings. The van der Waals surface area contributed by atoms with Gasteiger partial charge in [0.15, 0.2) is 5.78 Å². The number of rotatable bonds is 4. The van der Waals surface area contributed by atoms with Gasteiger partial charge in [0.25, 0.3) is 12.0 Å². The van der Waals surface area contributed by atoms with Gasteiger partial charge in [-0.3, -0.25) is 19.1 Å². The average molecular weight is 349 g/mol. The van der Waals surface area contributed by atoms with Gasteiger partial charge in [0.05, 0.1) is 22.9 Å². The summed E-state index contributed by atoms with van der Waals surface area (Å²) in [6, 6.07) is 3.46. The molecular formula is C18H21F2N3O2. The van der Waals surface area contributed by atoms with Gasteiger partial charge in [0, 0.05) is 25.7 Å². The van der Waals surface area contributed by atoms with Gasteiger partial charge in [0.2, 0.25) is 0 Å². The van der Waals surface area contributed by atoms with Crippen LogP contribution in [0.3, 0.4) is 0 Å². The van der Waals surface area contributed by atoms with E-state index in [0.717, 1.165) is 5.56 Å². The number of likely N-dealkylation sites (tertiary alicyclic amines) is 1. The van der Waals surface area contributed by atoms with Crippen molar-refractivity contribution in [1.29, 1.82) is 0 Å². The SMILES string of the molecule is CC(=O)c1cc(C)cc2c(=O)n(C)c(C3(C)CN(CC(F)F)C3)nc12. The molecule has 1 aromatic heterocycles. The molecule has 3 rings (SSSR count). The predicted molar refractivity (Wildman–Crippen MR) is 91.5 cm³/mol. The van der Waals surface area contributed by atoms with Crippen molar-refractivity contribution in [3.8, 4) is 0 Å². The van der Waals surface area contributed by atoms with Crippen LogP contribution < -0.4 is 5.56 Å². The lowest BCUT2D eigenvalue weighted by Crippen LogP contribution is -2.60. The number of aryl methyl sites for hydroxylation is 1. The van der Waals surface area contributed by atoms with Gasteiger partial charge in [-0.25, -0.2) is 13.8 Å². The first-order valence-electron chi connectivity index (χ1n) is 8.16. The summed E-state index contributed by atoms with van der Waals surface area (Å²) in [4.78, 5) is 31.1. The molecule has 0 aliphatic carbocycles. The molecule has 5 nitrogen and oxygen atoms in total. The zero-order valence-electron chi connectivity index (χ0n) is 14.8. The van der Waals surface area contributed by atoms with Crippen molar-refractivity contribution in [2.45, 2.75) is 32.6 Å². The maximum absolute atomic E-state index is 12.8. The summed E-state index contributed by atoms with van der Waals surface area (Å²) in [5.74, 6) is 0.375. The van der Waals surface area contributed by atoms with E-state index in [1.807, 2.05) is 13.8 Å². The first kappa shape index (κ1) is 17.7. The van der Waals surface area contributed by atoms with Crippen molar-refractivity contribution >= 4 is 16.7 Å². The number of Topliss-reactive ketones (excluding diaryl/α,β-unsaturated/α-hetero) is 1. The number of fused-ring (bicyclic) bond motifs is 1. The number of hydrogen-bond acceptors (Lipinski definition) is 4. The molecule has 0 saturated carbocycles. The van der Waals surface area contributed by atoms with Crippen LogP contribution in [0.1, 0.15) is 35.6 Å². The molecule has 134 valence electrons. The molecular weight excluding hydrogens is 328 g/mol. The fraction of sp³-hybridized carbons (Fsp3) is 0.500. The summed E-state index contributed by atoms with van der Waals surface area (Å²) < 4.78 is 26.6. The second-order valence-electron chi connectivity index (χ2n) is 7.19. The van der Waals surface area contributed by atoms with Gasteiger partial charge < -0.3 is 0 Å². The number of benzene rings is 1. The Morgan fingerprint density at radius 2 is 2.00 bits per heavy atom. The van der Waals surface area contributed by atoms with Crippen molar-refractivity contribution in [2.24, 2.45) is 7.05 Å². The Hall–Kier alpha value is -2.15. The normalized spacial score (nSPS) is 17.1. The number of aromatic nitrogens is 2. The molecule has 1 saturated heterocycles. The summed E-state index contributed by atoms with van der Waals surface area (Å²) in [7, 11) is 1.64. The van der Waals surface area contributed by atoms with Crippen LogP contribution in [0.4, 0.5) is 8.78 Å². The minimum absolute atomic E-state index is 0.154.